The number of aliphatic carboxylic acids is 1. The first-order valence-corrected chi connectivity index (χ1v) is 7.96. The van der Waals surface area contributed by atoms with E-state index >= 15 is 0 Å². The lowest BCUT2D eigenvalue weighted by atomic mass is 9.80. The first-order valence-electron chi connectivity index (χ1n) is 7.58. The summed E-state index contributed by atoms with van der Waals surface area (Å²) >= 11 is 6.05. The number of nitriles is 1. The van der Waals surface area contributed by atoms with Gasteiger partial charge in [-0.25, -0.2) is 9.59 Å². The van der Waals surface area contributed by atoms with Crippen molar-refractivity contribution >= 4 is 23.5 Å². The van der Waals surface area contributed by atoms with Gasteiger partial charge >= 0.3 is 11.9 Å². The maximum atomic E-state index is 12.5. The molecule has 0 saturated heterocycles. The first-order chi connectivity index (χ1) is 11.9. The third-order valence-corrected chi connectivity index (χ3v) is 4.07. The van der Waals surface area contributed by atoms with Crippen molar-refractivity contribution in [1.82, 2.24) is 5.32 Å². The fraction of sp³-hybridized carbons (Fsp3) is 0.278. The minimum atomic E-state index is -1.13. The Kier molecular flexibility index (Phi) is 5.84. The summed E-state index contributed by atoms with van der Waals surface area (Å²) in [4.78, 5) is 24.4. The number of carbonyl (C=O) groups excluding carboxylic acids is 1. The fourth-order valence-corrected chi connectivity index (χ4v) is 3.03. The zero-order valence-electron chi connectivity index (χ0n) is 13.8. The van der Waals surface area contributed by atoms with Crippen LogP contribution in [0.3, 0.4) is 0 Å². The zero-order chi connectivity index (χ0) is 18.6. The number of hydrogen-bond donors (Lipinski definition) is 2. The van der Waals surface area contributed by atoms with Crippen LogP contribution in [0.1, 0.15) is 31.7 Å². The number of benzene rings is 1. The first kappa shape index (κ1) is 18.6. The van der Waals surface area contributed by atoms with Crippen LogP contribution in [0.15, 0.2) is 46.8 Å². The largest absolute Gasteiger partial charge is 0.478 e. The Balaban J connectivity index is 2.54. The highest BCUT2D eigenvalue weighted by atomic mass is 35.5. The Morgan fingerprint density at radius 1 is 1.32 bits per heavy atom. The van der Waals surface area contributed by atoms with Crippen LogP contribution in [0.2, 0.25) is 5.02 Å². The molecule has 130 valence electrons. The Hall–Kier alpha value is -2.78. The smallest absolute Gasteiger partial charge is 0.336 e. The standard InChI is InChI=1S/C18H17ClN2O4/c1-10-14(17(22)23)16(12-5-3-6-13(19)9-12)15(11(2)21-10)18(24)25-8-4-7-20/h3,5-6,9,16,21H,4,8H2,1-2H3,(H,22,23). The van der Waals surface area contributed by atoms with Crippen LogP contribution in [0, 0.1) is 11.3 Å². The molecule has 0 aliphatic carbocycles. The van der Waals surface area contributed by atoms with Gasteiger partial charge in [0.1, 0.15) is 6.61 Å². The number of hydrogen-bond acceptors (Lipinski definition) is 5. The molecular formula is C18H17ClN2O4. The van der Waals surface area contributed by atoms with Gasteiger partial charge in [-0.2, -0.15) is 5.26 Å². The molecule has 0 amide bonds. The molecule has 1 heterocycles. The molecule has 1 atom stereocenters. The van der Waals surface area contributed by atoms with Crippen LogP contribution in [0.5, 0.6) is 0 Å². The number of nitrogens with one attached hydrogen (secondary N) is 1. The topological polar surface area (TPSA) is 99.4 Å². The normalized spacial score (nSPS) is 17.0. The maximum Gasteiger partial charge on any atom is 0.336 e. The molecule has 0 saturated carbocycles. The Morgan fingerprint density at radius 3 is 2.60 bits per heavy atom. The molecule has 1 aliphatic heterocycles. The average Bonchev–Trinajstić information content (AvgIpc) is 2.53. The second kappa shape index (κ2) is 7.86. The van der Waals surface area contributed by atoms with Crippen molar-refractivity contribution in [3.63, 3.8) is 0 Å². The summed E-state index contributed by atoms with van der Waals surface area (Å²) in [6.07, 6.45) is 0.0635. The second-order valence-electron chi connectivity index (χ2n) is 5.54. The van der Waals surface area contributed by atoms with Crippen LogP contribution in [0.4, 0.5) is 0 Å². The minimum absolute atomic E-state index is 0.0556. The van der Waals surface area contributed by atoms with E-state index in [4.69, 9.17) is 21.6 Å². The van der Waals surface area contributed by atoms with Crippen LogP contribution in [-0.2, 0) is 14.3 Å². The maximum absolute atomic E-state index is 12.5. The zero-order valence-corrected chi connectivity index (χ0v) is 14.6. The van der Waals surface area contributed by atoms with Gasteiger partial charge in [0.2, 0.25) is 0 Å². The average molecular weight is 361 g/mol. The molecule has 1 aromatic rings. The van der Waals surface area contributed by atoms with Gasteiger partial charge < -0.3 is 15.2 Å². The molecule has 6 nitrogen and oxygen atoms in total. The number of dihydropyridines is 1. The number of esters is 1. The lowest BCUT2D eigenvalue weighted by molar-refractivity contribution is -0.139. The van der Waals surface area contributed by atoms with Gasteiger partial charge in [-0.1, -0.05) is 23.7 Å². The van der Waals surface area contributed by atoms with Gasteiger partial charge in [-0.15, -0.1) is 0 Å². The van der Waals surface area contributed by atoms with Crippen molar-refractivity contribution in [3.05, 3.63) is 57.4 Å². The van der Waals surface area contributed by atoms with Crippen molar-refractivity contribution in [1.29, 1.82) is 5.26 Å². The van der Waals surface area contributed by atoms with Crippen molar-refractivity contribution in [2.75, 3.05) is 6.61 Å². The summed E-state index contributed by atoms with van der Waals surface area (Å²) in [5, 5.41) is 21.6. The molecule has 2 rings (SSSR count). The van der Waals surface area contributed by atoms with E-state index in [0.717, 1.165) is 0 Å². The summed E-state index contributed by atoms with van der Waals surface area (Å²) in [5.41, 5.74) is 1.79. The SMILES string of the molecule is CC1=C(C(=O)O)C(c2cccc(Cl)c2)C(C(=O)OCCC#N)=C(C)N1. The molecule has 0 fully saturated rings. The monoisotopic (exact) mass is 360 g/mol. The number of carboxylic acids is 1. The third kappa shape index (κ3) is 4.01. The van der Waals surface area contributed by atoms with E-state index < -0.39 is 17.9 Å². The minimum Gasteiger partial charge on any atom is -0.478 e. The molecule has 0 spiro atoms. The van der Waals surface area contributed by atoms with Crippen LogP contribution < -0.4 is 5.32 Å². The van der Waals surface area contributed by atoms with E-state index in [9.17, 15) is 14.7 Å². The lowest BCUT2D eigenvalue weighted by Crippen LogP contribution is -2.31. The third-order valence-electron chi connectivity index (χ3n) is 3.84. The Bertz CT molecular complexity index is 821. The van der Waals surface area contributed by atoms with Gasteiger partial charge in [0.05, 0.1) is 29.6 Å². The van der Waals surface area contributed by atoms with Crippen LogP contribution >= 0.6 is 11.6 Å². The number of halogens is 1. The molecular weight excluding hydrogens is 344 g/mol. The van der Waals surface area contributed by atoms with Crippen LogP contribution in [-0.4, -0.2) is 23.7 Å². The van der Waals surface area contributed by atoms with Gasteiger partial charge in [-0.05, 0) is 31.5 Å². The summed E-state index contributed by atoms with van der Waals surface area (Å²) < 4.78 is 5.13. The summed E-state index contributed by atoms with van der Waals surface area (Å²) in [6, 6.07) is 8.60. The molecule has 7 heteroatoms. The Labute approximate surface area is 150 Å². The highest BCUT2D eigenvalue weighted by molar-refractivity contribution is 6.30. The molecule has 2 N–H and O–H groups in total. The van der Waals surface area contributed by atoms with Gasteiger partial charge in [0.25, 0.3) is 0 Å². The summed E-state index contributed by atoms with van der Waals surface area (Å²) in [6.45, 7) is 3.27. The molecule has 0 radical (unpaired) electrons. The Morgan fingerprint density at radius 2 is 2.00 bits per heavy atom. The highest BCUT2D eigenvalue weighted by Crippen LogP contribution is 2.39. The molecule has 1 unspecified atom stereocenters. The summed E-state index contributed by atoms with van der Waals surface area (Å²) in [7, 11) is 0. The molecule has 0 bridgehead atoms. The molecule has 1 aromatic carbocycles. The molecule has 1 aliphatic rings. The summed E-state index contributed by atoms with van der Waals surface area (Å²) in [5.74, 6) is -2.60. The van der Waals surface area contributed by atoms with Gasteiger partial charge in [-0.3, -0.25) is 0 Å². The lowest BCUT2D eigenvalue weighted by Gasteiger charge is -2.29. The predicted molar refractivity (Wildman–Crippen MR) is 91.6 cm³/mol. The second-order valence-corrected chi connectivity index (χ2v) is 5.98. The molecule has 25 heavy (non-hydrogen) atoms. The number of ether oxygens (including phenoxy) is 1. The van der Waals surface area contributed by atoms with Crippen molar-refractivity contribution in [2.24, 2.45) is 0 Å². The number of rotatable bonds is 5. The van der Waals surface area contributed by atoms with Crippen molar-refractivity contribution in [2.45, 2.75) is 26.2 Å². The number of carboxylic acid groups (broad SMARTS) is 1. The van der Waals surface area contributed by atoms with E-state index in [0.29, 0.717) is 22.0 Å². The van der Waals surface area contributed by atoms with E-state index in [1.807, 2.05) is 6.07 Å². The highest BCUT2D eigenvalue weighted by Gasteiger charge is 2.37. The predicted octanol–water partition coefficient (Wildman–Crippen LogP) is 3.12. The number of allylic oxidation sites excluding steroid dienone is 2. The van der Waals surface area contributed by atoms with Gasteiger partial charge in [0.15, 0.2) is 0 Å². The number of carbonyl (C=O) groups is 2. The van der Waals surface area contributed by atoms with E-state index in [1.165, 1.54) is 0 Å². The fourth-order valence-electron chi connectivity index (χ4n) is 2.83. The van der Waals surface area contributed by atoms with Crippen LogP contribution in [0.25, 0.3) is 0 Å². The number of nitrogens with zero attached hydrogens (tertiary/aromatic N) is 1. The van der Waals surface area contributed by atoms with E-state index in [2.05, 4.69) is 5.32 Å². The van der Waals surface area contributed by atoms with E-state index in [-0.39, 0.29) is 24.2 Å². The van der Waals surface area contributed by atoms with Gasteiger partial charge in [0, 0.05) is 16.4 Å². The quantitative estimate of drug-likeness (QED) is 0.618. The van der Waals surface area contributed by atoms with E-state index in [1.54, 1.807) is 38.1 Å². The van der Waals surface area contributed by atoms with Crippen molar-refractivity contribution < 1.29 is 19.4 Å². The van der Waals surface area contributed by atoms with Crippen molar-refractivity contribution in [3.8, 4) is 6.07 Å². The molecule has 0 aromatic heterocycles.